The van der Waals surface area contributed by atoms with E-state index in [2.05, 4.69) is 22.1 Å². The smallest absolute Gasteiger partial charge is 0.144 e. The van der Waals surface area contributed by atoms with Gasteiger partial charge < -0.3 is 15.8 Å². The fourth-order valence-electron chi connectivity index (χ4n) is 1.70. The van der Waals surface area contributed by atoms with Crippen LogP contribution in [0.4, 0.5) is 0 Å². The van der Waals surface area contributed by atoms with Crippen LogP contribution in [-0.2, 0) is 6.42 Å². The van der Waals surface area contributed by atoms with Gasteiger partial charge in [-0.2, -0.15) is 0 Å². The van der Waals surface area contributed by atoms with Crippen LogP contribution in [0, 0.1) is 5.41 Å². The normalized spacial score (nSPS) is 12.9. The molecule has 0 saturated heterocycles. The van der Waals surface area contributed by atoms with Gasteiger partial charge in [0.05, 0.1) is 0 Å². The minimum Gasteiger partial charge on any atom is -0.409 e. The predicted octanol–water partition coefficient (Wildman–Crippen LogP) is 1.72. The van der Waals surface area contributed by atoms with Crippen molar-refractivity contribution in [2.45, 2.75) is 26.7 Å². The summed E-state index contributed by atoms with van der Waals surface area (Å²) in [6.07, 6.45) is 3.60. The Hall–Kier alpha value is -1.62. The average molecular weight is 264 g/mol. The molecule has 0 fully saturated rings. The lowest BCUT2D eigenvalue weighted by molar-refractivity contribution is 0.278. The first kappa shape index (κ1) is 15.4. The van der Waals surface area contributed by atoms with E-state index < -0.39 is 0 Å². The van der Waals surface area contributed by atoms with Gasteiger partial charge >= 0.3 is 0 Å². The zero-order valence-corrected chi connectivity index (χ0v) is 12.0. The first-order valence-corrected chi connectivity index (χ1v) is 6.52. The maximum absolute atomic E-state index is 8.73. The summed E-state index contributed by atoms with van der Waals surface area (Å²) in [6, 6.07) is 5.96. The molecule has 106 valence electrons. The number of likely N-dealkylation sites (N-methyl/N-ethyl adjacent to an activating group) is 1. The standard InChI is InChI=1S/C14H24N4O/c1-14(2,13(15)17-19)8-11-18(3)10-7-12-6-4-5-9-16-12/h4-6,9,19H,7-8,10-11H2,1-3H3,(H2,15,17). The van der Waals surface area contributed by atoms with E-state index in [-0.39, 0.29) is 11.3 Å². The molecule has 0 amide bonds. The quantitative estimate of drug-likeness (QED) is 0.340. The van der Waals surface area contributed by atoms with E-state index in [1.54, 1.807) is 0 Å². The fraction of sp³-hybridized carbons (Fsp3) is 0.571. The van der Waals surface area contributed by atoms with E-state index >= 15 is 0 Å². The molecule has 0 saturated carbocycles. The SMILES string of the molecule is CN(CCc1ccccn1)CCC(C)(C)C(N)=NO. The summed E-state index contributed by atoms with van der Waals surface area (Å²) in [7, 11) is 2.07. The third-order valence-corrected chi connectivity index (χ3v) is 3.40. The third-order valence-electron chi connectivity index (χ3n) is 3.40. The topological polar surface area (TPSA) is 74.7 Å². The van der Waals surface area contributed by atoms with E-state index in [0.29, 0.717) is 0 Å². The van der Waals surface area contributed by atoms with E-state index in [1.807, 2.05) is 38.2 Å². The number of nitrogens with zero attached hydrogens (tertiary/aromatic N) is 3. The highest BCUT2D eigenvalue weighted by Gasteiger charge is 2.23. The summed E-state index contributed by atoms with van der Waals surface area (Å²) in [6.45, 7) is 5.81. The molecule has 0 bridgehead atoms. The highest BCUT2D eigenvalue weighted by molar-refractivity contribution is 5.85. The maximum atomic E-state index is 8.73. The Labute approximate surface area is 115 Å². The van der Waals surface area contributed by atoms with Crippen molar-refractivity contribution in [2.24, 2.45) is 16.3 Å². The Kier molecular flexibility index (Phi) is 5.76. The molecule has 3 N–H and O–H groups in total. The van der Waals surface area contributed by atoms with Crippen LogP contribution in [-0.4, -0.2) is 41.1 Å². The summed E-state index contributed by atoms with van der Waals surface area (Å²) in [5.74, 6) is 0.283. The molecule has 0 aliphatic rings. The highest BCUT2D eigenvalue weighted by atomic mass is 16.4. The lowest BCUT2D eigenvalue weighted by Gasteiger charge is -2.26. The second kappa shape index (κ2) is 7.09. The largest absolute Gasteiger partial charge is 0.409 e. The van der Waals surface area contributed by atoms with Crippen LogP contribution in [0.2, 0.25) is 0 Å². The van der Waals surface area contributed by atoms with Gasteiger partial charge in [0.15, 0.2) is 0 Å². The summed E-state index contributed by atoms with van der Waals surface area (Å²) < 4.78 is 0. The van der Waals surface area contributed by atoms with Gasteiger partial charge in [0.25, 0.3) is 0 Å². The summed E-state index contributed by atoms with van der Waals surface area (Å²) in [5, 5.41) is 11.8. The number of rotatable bonds is 7. The fourth-order valence-corrected chi connectivity index (χ4v) is 1.70. The van der Waals surface area contributed by atoms with Gasteiger partial charge in [0, 0.05) is 30.3 Å². The molecule has 0 spiro atoms. The first-order chi connectivity index (χ1) is 8.95. The maximum Gasteiger partial charge on any atom is 0.144 e. The van der Waals surface area contributed by atoms with Gasteiger partial charge in [-0.15, -0.1) is 0 Å². The van der Waals surface area contributed by atoms with Crippen molar-refractivity contribution in [3.8, 4) is 0 Å². The number of hydrogen-bond donors (Lipinski definition) is 2. The Balaban J connectivity index is 2.34. The van der Waals surface area contributed by atoms with Gasteiger partial charge in [-0.25, -0.2) is 0 Å². The minimum absolute atomic E-state index is 0.283. The monoisotopic (exact) mass is 264 g/mol. The molecule has 1 rings (SSSR count). The molecule has 19 heavy (non-hydrogen) atoms. The zero-order chi connectivity index (χ0) is 14.3. The predicted molar refractivity (Wildman–Crippen MR) is 77.2 cm³/mol. The summed E-state index contributed by atoms with van der Waals surface area (Å²) in [5.41, 5.74) is 6.49. The van der Waals surface area contributed by atoms with Gasteiger partial charge in [-0.3, -0.25) is 4.98 Å². The molecule has 0 aliphatic carbocycles. The second-order valence-electron chi connectivity index (χ2n) is 5.49. The Morgan fingerprint density at radius 1 is 1.42 bits per heavy atom. The molecule has 0 radical (unpaired) electrons. The van der Waals surface area contributed by atoms with Crippen LogP contribution in [0.15, 0.2) is 29.6 Å². The first-order valence-electron chi connectivity index (χ1n) is 6.52. The van der Waals surface area contributed by atoms with Crippen molar-refractivity contribution in [3.63, 3.8) is 0 Å². The molecule has 5 heteroatoms. The number of pyridine rings is 1. The van der Waals surface area contributed by atoms with Crippen molar-refractivity contribution in [1.29, 1.82) is 0 Å². The molecule has 1 aromatic rings. The van der Waals surface area contributed by atoms with E-state index in [1.165, 1.54) is 0 Å². The van der Waals surface area contributed by atoms with Crippen molar-refractivity contribution in [3.05, 3.63) is 30.1 Å². The van der Waals surface area contributed by atoms with Crippen LogP contribution in [0.1, 0.15) is 26.0 Å². The van der Waals surface area contributed by atoms with Gasteiger partial charge in [-0.1, -0.05) is 25.1 Å². The molecular formula is C14H24N4O. The summed E-state index contributed by atoms with van der Waals surface area (Å²) >= 11 is 0. The Bertz CT molecular complexity index is 403. The molecule has 0 atom stereocenters. The van der Waals surface area contributed by atoms with Crippen molar-refractivity contribution in [2.75, 3.05) is 20.1 Å². The van der Waals surface area contributed by atoms with Crippen LogP contribution >= 0.6 is 0 Å². The van der Waals surface area contributed by atoms with Crippen LogP contribution in [0.3, 0.4) is 0 Å². The van der Waals surface area contributed by atoms with Crippen LogP contribution in [0.25, 0.3) is 0 Å². The molecule has 1 aromatic heterocycles. The Morgan fingerprint density at radius 3 is 2.74 bits per heavy atom. The minimum atomic E-state index is -0.284. The highest BCUT2D eigenvalue weighted by Crippen LogP contribution is 2.20. The van der Waals surface area contributed by atoms with Crippen LogP contribution in [0.5, 0.6) is 0 Å². The van der Waals surface area contributed by atoms with Crippen LogP contribution < -0.4 is 5.73 Å². The molecule has 1 heterocycles. The molecule has 0 aromatic carbocycles. The average Bonchev–Trinajstić information content (AvgIpc) is 2.43. The molecule has 0 aliphatic heterocycles. The number of oxime groups is 1. The lowest BCUT2D eigenvalue weighted by atomic mass is 9.88. The van der Waals surface area contributed by atoms with E-state index in [0.717, 1.165) is 31.6 Å². The van der Waals surface area contributed by atoms with Gasteiger partial charge in [0.2, 0.25) is 0 Å². The summed E-state index contributed by atoms with van der Waals surface area (Å²) in [4.78, 5) is 6.54. The van der Waals surface area contributed by atoms with E-state index in [4.69, 9.17) is 10.9 Å². The number of aromatic nitrogens is 1. The van der Waals surface area contributed by atoms with Gasteiger partial charge in [-0.05, 0) is 32.1 Å². The number of hydrogen-bond acceptors (Lipinski definition) is 4. The molecule has 0 unspecified atom stereocenters. The van der Waals surface area contributed by atoms with Crippen molar-refractivity contribution < 1.29 is 5.21 Å². The molecular weight excluding hydrogens is 240 g/mol. The van der Waals surface area contributed by atoms with Crippen molar-refractivity contribution in [1.82, 2.24) is 9.88 Å². The van der Waals surface area contributed by atoms with Gasteiger partial charge in [0.1, 0.15) is 5.84 Å². The zero-order valence-electron chi connectivity index (χ0n) is 12.0. The number of nitrogens with two attached hydrogens (primary N) is 1. The number of amidine groups is 1. The second-order valence-corrected chi connectivity index (χ2v) is 5.49. The third kappa shape index (κ3) is 5.26. The molecule has 5 nitrogen and oxygen atoms in total. The van der Waals surface area contributed by atoms with Crippen molar-refractivity contribution >= 4 is 5.84 Å². The van der Waals surface area contributed by atoms with E-state index in [9.17, 15) is 0 Å². The Morgan fingerprint density at radius 2 is 2.16 bits per heavy atom. The lowest BCUT2D eigenvalue weighted by Crippen LogP contribution is -2.35.